The fourth-order valence-corrected chi connectivity index (χ4v) is 14.8. The summed E-state index contributed by atoms with van der Waals surface area (Å²) in [7, 11) is 0. The van der Waals surface area contributed by atoms with Crippen LogP contribution in [-0.4, -0.2) is 215 Å². The van der Waals surface area contributed by atoms with Crippen molar-refractivity contribution < 1.29 is 104 Å². The number of hydrogen-bond acceptors (Lipinski definition) is 20. The monoisotopic (exact) mass is 1460 g/mol. The molecular formula is C79H150N2O21. The lowest BCUT2D eigenvalue weighted by molar-refractivity contribution is -0.386. The van der Waals surface area contributed by atoms with Crippen molar-refractivity contribution in [2.75, 3.05) is 26.4 Å². The van der Waals surface area contributed by atoms with Gasteiger partial charge in [0.1, 0.15) is 67.1 Å². The third-order valence-corrected chi connectivity index (χ3v) is 21.3. The summed E-state index contributed by atoms with van der Waals surface area (Å²) >= 11 is 0. The number of aliphatic hydroxyl groups is 11. The number of carboxylic acid groups (broad SMARTS) is 1. The Labute approximate surface area is 614 Å². The van der Waals surface area contributed by atoms with E-state index in [1.54, 1.807) is 0 Å². The van der Waals surface area contributed by atoms with Crippen molar-refractivity contribution in [3.05, 3.63) is 0 Å². The number of nitrogens with one attached hydrogen (secondary N) is 2. The molecule has 3 rings (SSSR count). The fraction of sp³-hybridized carbons (Fsp3) is 0.962. The van der Waals surface area contributed by atoms with Gasteiger partial charge in [0.2, 0.25) is 11.8 Å². The van der Waals surface area contributed by atoms with Crippen LogP contribution in [0.2, 0.25) is 0 Å². The van der Waals surface area contributed by atoms with Crippen LogP contribution in [0.4, 0.5) is 0 Å². The summed E-state index contributed by atoms with van der Waals surface area (Å²) in [6.45, 7) is 2.27. The summed E-state index contributed by atoms with van der Waals surface area (Å²) in [6, 6.07) is -2.53. The van der Waals surface area contributed by atoms with E-state index in [9.17, 15) is 75.7 Å². The minimum atomic E-state index is -3.08. The molecule has 0 saturated carbocycles. The highest BCUT2D eigenvalue weighted by Gasteiger charge is 2.60. The number of aliphatic carboxylic acids is 1. The van der Waals surface area contributed by atoms with Crippen LogP contribution in [-0.2, 0) is 42.8 Å². The quantitative estimate of drug-likeness (QED) is 0.0252. The lowest BCUT2D eigenvalue weighted by Crippen LogP contribution is -2.70. The van der Waals surface area contributed by atoms with Gasteiger partial charge in [0.15, 0.2) is 12.6 Å². The zero-order chi connectivity index (χ0) is 74.6. The second-order valence-electron chi connectivity index (χ2n) is 30.4. The van der Waals surface area contributed by atoms with Gasteiger partial charge in [-0.3, -0.25) is 9.59 Å². The van der Waals surface area contributed by atoms with Gasteiger partial charge < -0.3 is 100 Å². The number of carbonyl (C=O) groups excluding carboxylic acids is 2. The number of unbranched alkanes of at least 4 members (excludes halogenated alkanes) is 46. The normalized spacial score (nSPS) is 26.6. The molecule has 2 amide bonds. The average molecular weight is 1460 g/mol. The highest BCUT2D eigenvalue weighted by molar-refractivity contribution is 5.77. The summed E-state index contributed by atoms with van der Waals surface area (Å²) in [4.78, 5) is 38.7. The molecule has 3 aliphatic heterocycles. The van der Waals surface area contributed by atoms with Gasteiger partial charge in [-0.15, -0.1) is 0 Å². The van der Waals surface area contributed by atoms with Crippen LogP contribution in [0.3, 0.4) is 0 Å². The molecule has 18 unspecified atom stereocenters. The smallest absolute Gasteiger partial charge is 0.364 e. The van der Waals surface area contributed by atoms with E-state index in [0.29, 0.717) is 19.3 Å². The summed E-state index contributed by atoms with van der Waals surface area (Å²) in [6.07, 6.45) is 32.5. The Morgan fingerprint density at radius 3 is 1.23 bits per heavy atom. The average Bonchev–Trinajstić information content (AvgIpc) is 0.755. The predicted octanol–water partition coefficient (Wildman–Crippen LogP) is 11.2. The largest absolute Gasteiger partial charge is 0.477 e. The Morgan fingerprint density at radius 2 is 0.853 bits per heavy atom. The van der Waals surface area contributed by atoms with Crippen molar-refractivity contribution in [1.29, 1.82) is 0 Å². The first-order valence-corrected chi connectivity index (χ1v) is 41.4. The van der Waals surface area contributed by atoms with Gasteiger partial charge in [-0.1, -0.05) is 316 Å². The zero-order valence-electron chi connectivity index (χ0n) is 63.7. The van der Waals surface area contributed by atoms with E-state index >= 15 is 0 Å². The van der Waals surface area contributed by atoms with Crippen molar-refractivity contribution in [1.82, 2.24) is 10.6 Å². The number of aliphatic hydroxyl groups excluding tert-OH is 11. The van der Waals surface area contributed by atoms with Crippen LogP contribution in [0, 0.1) is 0 Å². The topological polar surface area (TPSA) is 373 Å². The van der Waals surface area contributed by atoms with E-state index in [0.717, 1.165) is 51.9 Å². The Morgan fingerprint density at radius 1 is 0.471 bits per heavy atom. The van der Waals surface area contributed by atoms with Crippen molar-refractivity contribution in [3.63, 3.8) is 0 Å². The maximum absolute atomic E-state index is 13.6. The summed E-state index contributed by atoms with van der Waals surface area (Å²) in [5.74, 6) is -6.09. The van der Waals surface area contributed by atoms with Crippen LogP contribution < -0.4 is 10.6 Å². The Balaban J connectivity index is 1.47. The second kappa shape index (κ2) is 58.7. The maximum Gasteiger partial charge on any atom is 0.364 e. The molecule has 602 valence electrons. The van der Waals surface area contributed by atoms with Gasteiger partial charge in [0, 0.05) is 19.8 Å². The molecule has 0 aromatic rings. The fourth-order valence-electron chi connectivity index (χ4n) is 14.8. The van der Waals surface area contributed by atoms with Gasteiger partial charge in [-0.05, 0) is 12.8 Å². The number of hydrogen-bond donors (Lipinski definition) is 14. The molecule has 0 aromatic heterocycles. The van der Waals surface area contributed by atoms with Gasteiger partial charge >= 0.3 is 5.97 Å². The zero-order valence-corrected chi connectivity index (χ0v) is 63.7. The molecule has 0 radical (unpaired) electrons. The van der Waals surface area contributed by atoms with Gasteiger partial charge in [-0.2, -0.15) is 0 Å². The standard InChI is InChI=1S/C79H150N2O21/c1-4-6-8-10-12-14-16-18-20-22-24-25-26-27-28-29-30-31-32-33-34-35-37-39-41-43-45-47-49-51-53-66(89)81-60(61(86)52-50-48-46-44-42-40-38-36-23-21-19-17-15-13-11-9-7-5-2)58-97-76-71(93)70(92)73(65(57-84)99-76)100-77-72(94)75(69(91)64(56-83)98-77)102-79(78(95)96)54-62(87)67(80-59(3)85)74(101-79)68(90)63(88)55-82/h60-65,67-77,82-84,86-88,90-94H,4-58H2,1-3H3,(H,80,85)(H,81,89)(H,95,96). The molecule has 18 atom stereocenters. The van der Waals surface area contributed by atoms with Gasteiger partial charge in [0.05, 0.1) is 50.7 Å². The first kappa shape index (κ1) is 93.9. The molecule has 0 spiro atoms. The SMILES string of the molecule is CCCCCCCCCCCCCCCCCCCCCCCCCCCCCCCCC(=O)NC(COC1OC(CO)C(OC2OC(CO)C(O)C(OC3(C(=O)O)CC(O)C(NC(C)=O)C(C(O)C(O)CO)O3)C2O)C(O)C1O)C(O)CCCCCCCCCCCCCCCCCCCC. The third-order valence-electron chi connectivity index (χ3n) is 21.3. The number of carbonyl (C=O) groups is 3. The maximum atomic E-state index is 13.6. The number of amides is 2. The van der Waals surface area contributed by atoms with Crippen LogP contribution >= 0.6 is 0 Å². The summed E-state index contributed by atoms with van der Waals surface area (Å²) < 4.78 is 35.0. The minimum Gasteiger partial charge on any atom is -0.477 e. The van der Waals surface area contributed by atoms with E-state index < -0.39 is 148 Å². The Bertz CT molecular complexity index is 2040. The molecule has 0 aromatic carbocycles. The molecule has 3 saturated heterocycles. The molecule has 102 heavy (non-hydrogen) atoms. The summed E-state index contributed by atoms with van der Waals surface area (Å²) in [5, 5.41) is 137. The molecule has 0 aliphatic carbocycles. The molecule has 14 N–H and O–H groups in total. The lowest BCUT2D eigenvalue weighted by Gasteiger charge is -2.50. The molecule has 3 aliphatic rings. The van der Waals surface area contributed by atoms with E-state index in [1.807, 2.05) is 0 Å². The van der Waals surface area contributed by atoms with Gasteiger partial charge in [0.25, 0.3) is 5.79 Å². The first-order chi connectivity index (χ1) is 49.4. The van der Waals surface area contributed by atoms with E-state index in [1.165, 1.54) is 250 Å². The predicted molar refractivity (Wildman–Crippen MR) is 394 cm³/mol. The Hall–Kier alpha value is -2.27. The lowest BCUT2D eigenvalue weighted by atomic mass is 9.88. The first-order valence-electron chi connectivity index (χ1n) is 41.4. The van der Waals surface area contributed by atoms with Crippen LogP contribution in [0.15, 0.2) is 0 Å². The van der Waals surface area contributed by atoms with Crippen LogP contribution in [0.1, 0.15) is 348 Å². The number of carboxylic acids is 1. The summed E-state index contributed by atoms with van der Waals surface area (Å²) in [5.41, 5.74) is 0. The van der Waals surface area contributed by atoms with E-state index in [4.69, 9.17) is 28.4 Å². The third kappa shape index (κ3) is 38.7. The molecule has 23 nitrogen and oxygen atoms in total. The van der Waals surface area contributed by atoms with Crippen molar-refractivity contribution in [3.8, 4) is 0 Å². The minimum absolute atomic E-state index is 0.230. The van der Waals surface area contributed by atoms with Gasteiger partial charge in [-0.25, -0.2) is 4.79 Å². The molecule has 23 heteroatoms. The highest BCUT2D eigenvalue weighted by atomic mass is 16.8. The van der Waals surface area contributed by atoms with Crippen LogP contribution in [0.25, 0.3) is 0 Å². The van der Waals surface area contributed by atoms with E-state index in [2.05, 4.69) is 24.5 Å². The Kier molecular flexibility index (Phi) is 54.1. The second-order valence-corrected chi connectivity index (χ2v) is 30.4. The molecule has 0 bridgehead atoms. The molecule has 3 fully saturated rings. The van der Waals surface area contributed by atoms with E-state index in [-0.39, 0.29) is 18.9 Å². The van der Waals surface area contributed by atoms with Crippen LogP contribution in [0.5, 0.6) is 0 Å². The highest BCUT2D eigenvalue weighted by Crippen LogP contribution is 2.39. The molecule has 3 heterocycles. The van der Waals surface area contributed by atoms with Crippen molar-refractivity contribution >= 4 is 17.8 Å². The number of ether oxygens (including phenoxy) is 6. The van der Waals surface area contributed by atoms with Crippen molar-refractivity contribution in [2.45, 2.75) is 458 Å². The van der Waals surface area contributed by atoms with Crippen molar-refractivity contribution in [2.24, 2.45) is 0 Å². The molecular weight excluding hydrogens is 1310 g/mol. The number of rotatable bonds is 66.